The minimum atomic E-state index is -1.34. The van der Waals surface area contributed by atoms with Crippen LogP contribution in [-0.2, 0) is 11.0 Å². The third-order valence-electron chi connectivity index (χ3n) is 7.34. The molecule has 2 aromatic carbocycles. The zero-order valence-corrected chi connectivity index (χ0v) is 15.9. The van der Waals surface area contributed by atoms with Gasteiger partial charge in [0.05, 0.1) is 12.2 Å². The van der Waals surface area contributed by atoms with E-state index in [4.69, 9.17) is 0 Å². The Labute approximate surface area is 160 Å². The highest BCUT2D eigenvalue weighted by molar-refractivity contribution is 5.46. The lowest BCUT2D eigenvalue weighted by Crippen LogP contribution is -2.61. The van der Waals surface area contributed by atoms with Crippen LogP contribution in [0.1, 0.15) is 62.3 Å². The number of aliphatic hydroxyl groups excluding tert-OH is 2. The zero-order valence-electron chi connectivity index (χ0n) is 15.9. The molecule has 0 aliphatic heterocycles. The van der Waals surface area contributed by atoms with Crippen molar-refractivity contribution in [3.8, 4) is 5.75 Å². The molecule has 27 heavy (non-hydrogen) atoms. The second kappa shape index (κ2) is 6.06. The maximum atomic E-state index is 11.5. The highest BCUT2D eigenvalue weighted by Crippen LogP contribution is 2.65. The molecule has 0 amide bonds. The lowest BCUT2D eigenvalue weighted by atomic mass is 9.44. The van der Waals surface area contributed by atoms with Crippen LogP contribution in [0.2, 0.25) is 0 Å². The summed E-state index contributed by atoms with van der Waals surface area (Å²) < 4.78 is 0. The van der Waals surface area contributed by atoms with Crippen LogP contribution in [0.4, 0.5) is 0 Å². The van der Waals surface area contributed by atoms with Gasteiger partial charge in [0.15, 0.2) is 0 Å². The molecule has 4 N–H and O–H groups in total. The van der Waals surface area contributed by atoms with Gasteiger partial charge in [-0.05, 0) is 59.9 Å². The van der Waals surface area contributed by atoms with E-state index in [1.165, 1.54) is 0 Å². The Morgan fingerprint density at radius 1 is 1.04 bits per heavy atom. The maximum absolute atomic E-state index is 11.5. The lowest BCUT2D eigenvalue weighted by molar-refractivity contribution is -0.181. The van der Waals surface area contributed by atoms with Gasteiger partial charge < -0.3 is 20.4 Å². The number of rotatable bonds is 2. The molecule has 0 heterocycles. The minimum absolute atomic E-state index is 0.139. The van der Waals surface area contributed by atoms with Crippen molar-refractivity contribution >= 4 is 0 Å². The SMILES string of the molecule is CC[C@@]12C[C@H](O)[C@](O)(c3ccccc3)C[C@@]1(C)C[C@@H](O)c1cc(O)ccc12. The maximum Gasteiger partial charge on any atom is 0.116 e. The Kier molecular flexibility index (Phi) is 4.15. The molecule has 4 nitrogen and oxygen atoms in total. The molecule has 2 aromatic rings. The smallest absolute Gasteiger partial charge is 0.116 e. The van der Waals surface area contributed by atoms with Crippen molar-refractivity contribution in [1.82, 2.24) is 0 Å². The molecule has 0 unspecified atom stereocenters. The second-order valence-electron chi connectivity index (χ2n) is 8.67. The molecule has 0 aromatic heterocycles. The number of benzene rings is 2. The average molecular weight is 368 g/mol. The van der Waals surface area contributed by atoms with Gasteiger partial charge in [-0.3, -0.25) is 0 Å². The van der Waals surface area contributed by atoms with E-state index in [9.17, 15) is 20.4 Å². The van der Waals surface area contributed by atoms with E-state index in [-0.39, 0.29) is 11.2 Å². The second-order valence-corrected chi connectivity index (χ2v) is 8.67. The number of phenols is 1. The first kappa shape index (κ1) is 18.5. The summed E-state index contributed by atoms with van der Waals surface area (Å²) in [5.74, 6) is 0.139. The van der Waals surface area contributed by atoms with Crippen LogP contribution in [0.15, 0.2) is 48.5 Å². The Balaban J connectivity index is 1.87. The Bertz CT molecular complexity index is 851. The summed E-state index contributed by atoms with van der Waals surface area (Å²) in [6, 6.07) is 14.5. The summed E-state index contributed by atoms with van der Waals surface area (Å²) in [4.78, 5) is 0. The summed E-state index contributed by atoms with van der Waals surface area (Å²) >= 11 is 0. The van der Waals surface area contributed by atoms with Crippen LogP contribution < -0.4 is 0 Å². The highest BCUT2D eigenvalue weighted by atomic mass is 16.3. The topological polar surface area (TPSA) is 80.9 Å². The van der Waals surface area contributed by atoms with Crippen LogP contribution in [0.25, 0.3) is 0 Å². The summed E-state index contributed by atoms with van der Waals surface area (Å²) in [5.41, 5.74) is 0.340. The molecular formula is C23H28O4. The molecule has 2 aliphatic rings. The van der Waals surface area contributed by atoms with Crippen molar-refractivity contribution < 1.29 is 20.4 Å². The molecule has 5 atom stereocenters. The van der Waals surface area contributed by atoms with Crippen LogP contribution in [0.5, 0.6) is 5.75 Å². The van der Waals surface area contributed by atoms with Crippen LogP contribution in [0, 0.1) is 5.41 Å². The van der Waals surface area contributed by atoms with Crippen molar-refractivity contribution in [1.29, 1.82) is 0 Å². The van der Waals surface area contributed by atoms with E-state index in [0.717, 1.165) is 23.1 Å². The third-order valence-corrected chi connectivity index (χ3v) is 7.34. The van der Waals surface area contributed by atoms with E-state index in [1.807, 2.05) is 36.4 Å². The summed E-state index contributed by atoms with van der Waals surface area (Å²) in [7, 11) is 0. The minimum Gasteiger partial charge on any atom is -0.508 e. The monoisotopic (exact) mass is 368 g/mol. The van der Waals surface area contributed by atoms with E-state index >= 15 is 0 Å². The first-order chi connectivity index (χ1) is 12.8. The molecule has 144 valence electrons. The summed E-state index contributed by atoms with van der Waals surface area (Å²) in [6.45, 7) is 4.22. The fourth-order valence-electron chi connectivity index (χ4n) is 5.91. The van der Waals surface area contributed by atoms with Crippen LogP contribution in [-0.4, -0.2) is 26.5 Å². The molecule has 0 bridgehead atoms. The fourth-order valence-corrected chi connectivity index (χ4v) is 5.91. The summed E-state index contributed by atoms with van der Waals surface area (Å²) in [5, 5.41) is 43.4. The van der Waals surface area contributed by atoms with Crippen molar-refractivity contribution in [2.24, 2.45) is 5.41 Å². The van der Waals surface area contributed by atoms with E-state index < -0.39 is 23.2 Å². The number of aromatic hydroxyl groups is 1. The average Bonchev–Trinajstić information content (AvgIpc) is 2.65. The van der Waals surface area contributed by atoms with E-state index in [1.54, 1.807) is 12.1 Å². The van der Waals surface area contributed by atoms with Crippen molar-refractivity contribution in [3.05, 3.63) is 65.2 Å². The number of aliphatic hydroxyl groups is 3. The Morgan fingerprint density at radius 2 is 1.74 bits per heavy atom. The van der Waals surface area contributed by atoms with Crippen LogP contribution in [0.3, 0.4) is 0 Å². The van der Waals surface area contributed by atoms with Crippen molar-refractivity contribution in [3.63, 3.8) is 0 Å². The Morgan fingerprint density at radius 3 is 2.41 bits per heavy atom. The van der Waals surface area contributed by atoms with Gasteiger partial charge in [-0.2, -0.15) is 0 Å². The van der Waals surface area contributed by atoms with E-state index in [2.05, 4.69) is 13.8 Å². The molecule has 2 aliphatic carbocycles. The first-order valence-electron chi connectivity index (χ1n) is 9.73. The van der Waals surface area contributed by atoms with Gasteiger partial charge in [0.2, 0.25) is 0 Å². The molecule has 4 heteroatoms. The quantitative estimate of drug-likeness (QED) is 0.654. The van der Waals surface area contributed by atoms with Gasteiger partial charge in [0, 0.05) is 5.41 Å². The predicted octanol–water partition coefficient (Wildman–Crippen LogP) is 3.53. The Hall–Kier alpha value is -1.88. The zero-order chi connectivity index (χ0) is 19.4. The normalized spacial score (nSPS) is 38.1. The number of phenolic OH excluding ortho intramolecular Hbond substituents is 1. The predicted molar refractivity (Wildman–Crippen MR) is 103 cm³/mol. The van der Waals surface area contributed by atoms with Gasteiger partial charge in [-0.25, -0.2) is 0 Å². The van der Waals surface area contributed by atoms with Crippen molar-refractivity contribution in [2.75, 3.05) is 0 Å². The largest absolute Gasteiger partial charge is 0.508 e. The number of hydrogen-bond donors (Lipinski definition) is 4. The first-order valence-corrected chi connectivity index (χ1v) is 9.73. The molecule has 1 saturated carbocycles. The van der Waals surface area contributed by atoms with Crippen LogP contribution >= 0.6 is 0 Å². The van der Waals surface area contributed by atoms with Gasteiger partial charge in [0.25, 0.3) is 0 Å². The molecule has 0 radical (unpaired) electrons. The number of hydrogen-bond acceptors (Lipinski definition) is 4. The highest BCUT2D eigenvalue weighted by Gasteiger charge is 2.62. The van der Waals surface area contributed by atoms with E-state index in [0.29, 0.717) is 19.3 Å². The standard InChI is InChI=1S/C23H28O4/c1-3-22-13-20(26)23(27,15-7-5-4-6-8-15)14-21(22,2)12-19(25)17-11-16(24)9-10-18(17)22/h4-11,19-20,24-27H,3,12-14H2,1-2H3/t19-,20+,21-,22+,23-/m1/s1. The third kappa shape index (κ3) is 2.47. The van der Waals surface area contributed by atoms with Gasteiger partial charge in [0.1, 0.15) is 11.4 Å². The summed E-state index contributed by atoms with van der Waals surface area (Å²) in [6.07, 6.45) is 0.443. The molecule has 4 rings (SSSR count). The molecule has 1 fully saturated rings. The van der Waals surface area contributed by atoms with Gasteiger partial charge >= 0.3 is 0 Å². The lowest BCUT2D eigenvalue weighted by Gasteiger charge is -2.61. The fraction of sp³-hybridized carbons (Fsp3) is 0.478. The van der Waals surface area contributed by atoms with Crippen molar-refractivity contribution in [2.45, 2.75) is 62.8 Å². The molecular weight excluding hydrogens is 340 g/mol. The molecule has 0 spiro atoms. The van der Waals surface area contributed by atoms with Gasteiger partial charge in [-0.1, -0.05) is 50.2 Å². The number of fused-ring (bicyclic) bond motifs is 3. The molecule has 0 saturated heterocycles. The van der Waals surface area contributed by atoms with Gasteiger partial charge in [-0.15, -0.1) is 0 Å².